The molecule has 0 aliphatic carbocycles. The van der Waals surface area contributed by atoms with E-state index >= 15 is 0 Å². The zero-order chi connectivity index (χ0) is 11.2. The molecule has 1 N–H and O–H groups in total. The van der Waals surface area contributed by atoms with Crippen LogP contribution in [-0.2, 0) is 6.54 Å². The van der Waals surface area contributed by atoms with Gasteiger partial charge in [-0.15, -0.1) is 11.8 Å². The summed E-state index contributed by atoms with van der Waals surface area (Å²) in [5.74, 6) is 1.05. The van der Waals surface area contributed by atoms with E-state index in [0.29, 0.717) is 0 Å². The molecule has 3 nitrogen and oxygen atoms in total. The Bertz CT molecular complexity index is 411. The molecule has 0 spiro atoms. The molecule has 0 saturated heterocycles. The van der Waals surface area contributed by atoms with Crippen LogP contribution in [0, 0.1) is 0 Å². The van der Waals surface area contributed by atoms with Gasteiger partial charge in [-0.1, -0.05) is 6.92 Å². The topological polar surface area (TPSA) is 38.1 Å². The number of aromatic nitrogens is 1. The first-order valence-electron chi connectivity index (χ1n) is 5.22. The average Bonchev–Trinajstić information content (AvgIpc) is 2.82. The average molecular weight is 234 g/mol. The summed E-state index contributed by atoms with van der Waals surface area (Å²) < 4.78 is 5.00. The monoisotopic (exact) mass is 234 g/mol. The van der Waals surface area contributed by atoms with Gasteiger partial charge in [-0.3, -0.25) is 0 Å². The fourth-order valence-electron chi connectivity index (χ4n) is 1.32. The molecule has 0 atom stereocenters. The number of furan rings is 1. The van der Waals surface area contributed by atoms with Crippen molar-refractivity contribution < 1.29 is 4.42 Å². The first-order chi connectivity index (χ1) is 7.88. The van der Waals surface area contributed by atoms with E-state index in [0.717, 1.165) is 28.6 Å². The number of rotatable bonds is 5. The van der Waals surface area contributed by atoms with Gasteiger partial charge in [-0.25, -0.2) is 4.98 Å². The number of nitrogens with one attached hydrogen (secondary N) is 1. The first-order valence-corrected chi connectivity index (χ1v) is 6.21. The molecule has 0 aromatic carbocycles. The Morgan fingerprint density at radius 1 is 1.38 bits per heavy atom. The van der Waals surface area contributed by atoms with E-state index < -0.39 is 0 Å². The van der Waals surface area contributed by atoms with Crippen molar-refractivity contribution in [1.29, 1.82) is 0 Å². The van der Waals surface area contributed by atoms with Crippen LogP contribution in [0.25, 0.3) is 0 Å². The highest BCUT2D eigenvalue weighted by Gasteiger charge is 1.97. The predicted octanol–water partition coefficient (Wildman–Crippen LogP) is 3.40. The van der Waals surface area contributed by atoms with Crippen LogP contribution >= 0.6 is 11.8 Å². The highest BCUT2D eigenvalue weighted by molar-refractivity contribution is 7.99. The van der Waals surface area contributed by atoms with Crippen LogP contribution < -0.4 is 5.32 Å². The number of nitrogens with zero attached hydrogens (tertiary/aromatic N) is 1. The van der Waals surface area contributed by atoms with Gasteiger partial charge < -0.3 is 9.73 Å². The van der Waals surface area contributed by atoms with Crippen molar-refractivity contribution in [1.82, 2.24) is 4.98 Å². The molecule has 0 unspecified atom stereocenters. The zero-order valence-electron chi connectivity index (χ0n) is 9.14. The highest BCUT2D eigenvalue weighted by atomic mass is 32.2. The van der Waals surface area contributed by atoms with Gasteiger partial charge in [0.05, 0.1) is 29.4 Å². The van der Waals surface area contributed by atoms with Crippen LogP contribution in [0.1, 0.15) is 12.5 Å². The van der Waals surface area contributed by atoms with Crippen molar-refractivity contribution in [3.8, 4) is 0 Å². The third-order valence-electron chi connectivity index (χ3n) is 2.11. The van der Waals surface area contributed by atoms with E-state index in [1.807, 2.05) is 24.4 Å². The van der Waals surface area contributed by atoms with E-state index in [4.69, 9.17) is 4.42 Å². The number of thioether (sulfide) groups is 1. The van der Waals surface area contributed by atoms with Gasteiger partial charge in [0.1, 0.15) is 0 Å². The Hall–Kier alpha value is -1.42. The van der Waals surface area contributed by atoms with Crippen molar-refractivity contribution in [3.63, 3.8) is 0 Å². The molecule has 0 bridgehead atoms. The van der Waals surface area contributed by atoms with Gasteiger partial charge in [0.25, 0.3) is 0 Å². The second kappa shape index (κ2) is 5.61. The number of hydrogen-bond donors (Lipinski definition) is 1. The summed E-state index contributed by atoms with van der Waals surface area (Å²) in [5, 5.41) is 4.35. The lowest BCUT2D eigenvalue weighted by molar-refractivity contribution is 0.564. The molecule has 0 amide bonds. The molecule has 0 aliphatic rings. The van der Waals surface area contributed by atoms with Gasteiger partial charge in [-0.05, 0) is 24.0 Å². The normalized spacial score (nSPS) is 10.3. The minimum absolute atomic E-state index is 0.762. The summed E-state index contributed by atoms with van der Waals surface area (Å²) in [6.07, 6.45) is 5.27. The van der Waals surface area contributed by atoms with Crippen molar-refractivity contribution in [3.05, 3.63) is 42.5 Å². The minimum Gasteiger partial charge on any atom is -0.472 e. The van der Waals surface area contributed by atoms with Gasteiger partial charge in [0.2, 0.25) is 0 Å². The molecule has 2 aromatic rings. The Kier molecular flexibility index (Phi) is 3.88. The van der Waals surface area contributed by atoms with E-state index in [1.165, 1.54) is 0 Å². The molecule has 2 rings (SSSR count). The second-order valence-electron chi connectivity index (χ2n) is 3.30. The Morgan fingerprint density at radius 2 is 2.31 bits per heavy atom. The molecule has 84 valence electrons. The van der Waals surface area contributed by atoms with Gasteiger partial charge in [0.15, 0.2) is 0 Å². The smallest absolute Gasteiger partial charge is 0.0961 e. The van der Waals surface area contributed by atoms with Crippen molar-refractivity contribution in [2.24, 2.45) is 0 Å². The summed E-state index contributed by atoms with van der Waals surface area (Å²) in [7, 11) is 0. The van der Waals surface area contributed by atoms with Crippen LogP contribution in [0.5, 0.6) is 0 Å². The lowest BCUT2D eigenvalue weighted by Crippen LogP contribution is -1.98. The molecule has 0 radical (unpaired) electrons. The third-order valence-corrected chi connectivity index (χ3v) is 2.93. The van der Waals surface area contributed by atoms with Crippen LogP contribution in [0.15, 0.2) is 46.4 Å². The maximum atomic E-state index is 5.00. The molecule has 4 heteroatoms. The van der Waals surface area contributed by atoms with Crippen LogP contribution in [0.3, 0.4) is 0 Å². The van der Waals surface area contributed by atoms with Gasteiger partial charge in [0, 0.05) is 12.1 Å². The fraction of sp³-hybridized carbons (Fsp3) is 0.250. The van der Waals surface area contributed by atoms with Crippen LogP contribution in [0.4, 0.5) is 5.69 Å². The Morgan fingerprint density at radius 3 is 2.94 bits per heavy atom. The predicted molar refractivity (Wildman–Crippen MR) is 66.7 cm³/mol. The summed E-state index contributed by atoms with van der Waals surface area (Å²) >= 11 is 1.75. The van der Waals surface area contributed by atoms with Gasteiger partial charge in [-0.2, -0.15) is 0 Å². The van der Waals surface area contributed by atoms with Crippen molar-refractivity contribution in [2.45, 2.75) is 18.5 Å². The van der Waals surface area contributed by atoms with Crippen molar-refractivity contribution >= 4 is 17.4 Å². The summed E-state index contributed by atoms with van der Waals surface area (Å²) in [4.78, 5) is 4.35. The Balaban J connectivity index is 1.90. The largest absolute Gasteiger partial charge is 0.472 e. The second-order valence-corrected chi connectivity index (χ2v) is 4.59. The van der Waals surface area contributed by atoms with E-state index in [1.54, 1.807) is 24.3 Å². The summed E-state index contributed by atoms with van der Waals surface area (Å²) in [5.41, 5.74) is 2.16. The SMILES string of the molecule is CCSc1ccc(NCc2ccoc2)cn1. The first kappa shape index (κ1) is 11.1. The maximum Gasteiger partial charge on any atom is 0.0961 e. The lowest BCUT2D eigenvalue weighted by atomic mass is 10.3. The van der Waals surface area contributed by atoms with Crippen LogP contribution in [0.2, 0.25) is 0 Å². The molecular weight excluding hydrogens is 220 g/mol. The van der Waals surface area contributed by atoms with E-state index in [9.17, 15) is 0 Å². The van der Waals surface area contributed by atoms with Crippen LogP contribution in [-0.4, -0.2) is 10.7 Å². The fourth-order valence-corrected chi connectivity index (χ4v) is 1.90. The quantitative estimate of drug-likeness (QED) is 0.805. The zero-order valence-corrected chi connectivity index (χ0v) is 9.96. The van der Waals surface area contributed by atoms with E-state index in [2.05, 4.69) is 17.2 Å². The highest BCUT2D eigenvalue weighted by Crippen LogP contribution is 2.16. The standard InChI is InChI=1S/C12H14N2OS/c1-2-16-12-4-3-11(8-14-12)13-7-10-5-6-15-9-10/h3-6,8-9,13H,2,7H2,1H3. The molecule has 2 heterocycles. The maximum absolute atomic E-state index is 5.00. The molecule has 0 aliphatic heterocycles. The number of hydrogen-bond acceptors (Lipinski definition) is 4. The molecule has 16 heavy (non-hydrogen) atoms. The molecule has 0 fully saturated rings. The lowest BCUT2D eigenvalue weighted by Gasteiger charge is -2.04. The molecular formula is C12H14N2OS. The minimum atomic E-state index is 0.762. The number of anilines is 1. The van der Waals surface area contributed by atoms with Crippen molar-refractivity contribution in [2.75, 3.05) is 11.1 Å². The molecule has 0 saturated carbocycles. The number of pyridine rings is 1. The van der Waals surface area contributed by atoms with Gasteiger partial charge >= 0.3 is 0 Å². The summed E-state index contributed by atoms with van der Waals surface area (Å²) in [6.45, 7) is 2.88. The molecule has 2 aromatic heterocycles. The van der Waals surface area contributed by atoms with E-state index in [-0.39, 0.29) is 0 Å². The summed E-state index contributed by atoms with van der Waals surface area (Å²) in [6, 6.07) is 6.03. The third kappa shape index (κ3) is 3.03. The Labute approximate surface area is 99.3 Å².